The number of nitrogens with zero attached hydrogens (tertiary/aromatic N) is 3. The smallest absolute Gasteiger partial charge is 0.255 e. The van der Waals surface area contributed by atoms with Crippen LogP contribution in [0.15, 0.2) is 22.2 Å². The molecule has 1 aromatic rings. The second kappa shape index (κ2) is 12.1. The van der Waals surface area contributed by atoms with Gasteiger partial charge >= 0.3 is 0 Å². The van der Waals surface area contributed by atoms with Crippen molar-refractivity contribution in [2.24, 2.45) is 27.3 Å². The Labute approximate surface area is 168 Å². The molecule has 12 nitrogen and oxygen atoms in total. The first-order valence-corrected chi connectivity index (χ1v) is 8.81. The number of rotatable bonds is 13. The van der Waals surface area contributed by atoms with Crippen molar-refractivity contribution >= 4 is 17.8 Å². The Balaban J connectivity index is 3.16. The number of carbonyl (C=O) groups is 2. The molecule has 0 bridgehead atoms. The number of ether oxygens (including phenoxy) is 2. The number of nitrogens with one attached hydrogen (secondary N) is 2. The largest absolute Gasteiger partial charge is 0.491 e. The van der Waals surface area contributed by atoms with E-state index in [0.717, 1.165) is 0 Å². The fraction of sp³-hybridized carbons (Fsp3) is 0.471. The van der Waals surface area contributed by atoms with Gasteiger partial charge in [-0.2, -0.15) is 5.11 Å². The number of nitrogens with two attached hydrogens (primary N) is 3. The maximum Gasteiger partial charge on any atom is 0.255 e. The molecule has 1 rings (SSSR count). The molecule has 0 aromatic heterocycles. The van der Waals surface area contributed by atoms with Crippen LogP contribution in [0.2, 0.25) is 0 Å². The van der Waals surface area contributed by atoms with Crippen molar-refractivity contribution in [1.82, 2.24) is 10.2 Å². The standard InChI is InChI=1S/C17H28N8O4/c1-25(2)6-3-22-16(27)12-9-11(15(18)26)13(29-8-5-24-21)10-14(12)28-7-4-23-17(19)20/h9-10,21H,3-8H2,1-2H3,(H2,18,26)(H,22,27)(H4,19,20,23). The summed E-state index contributed by atoms with van der Waals surface area (Å²) in [5, 5.41) is 5.95. The quantitative estimate of drug-likeness (QED) is 0.121. The highest BCUT2D eigenvalue weighted by atomic mass is 16.5. The Bertz CT molecular complexity index is 747. The third kappa shape index (κ3) is 8.43. The molecule has 0 aliphatic rings. The van der Waals surface area contributed by atoms with Gasteiger partial charge in [-0.1, -0.05) is 0 Å². The zero-order chi connectivity index (χ0) is 21.8. The van der Waals surface area contributed by atoms with E-state index in [1.165, 1.54) is 12.1 Å². The summed E-state index contributed by atoms with van der Waals surface area (Å²) in [6, 6.07) is 2.72. The van der Waals surface area contributed by atoms with Gasteiger partial charge in [0.1, 0.15) is 24.7 Å². The second-order valence-electron chi connectivity index (χ2n) is 6.15. The Morgan fingerprint density at radius 2 is 1.69 bits per heavy atom. The van der Waals surface area contributed by atoms with Gasteiger partial charge in [0.25, 0.3) is 11.8 Å². The number of aliphatic imine (C=N–C) groups is 1. The zero-order valence-corrected chi connectivity index (χ0v) is 16.6. The van der Waals surface area contributed by atoms with Crippen LogP contribution in [0, 0.1) is 5.53 Å². The second-order valence-corrected chi connectivity index (χ2v) is 6.15. The molecule has 0 unspecified atom stereocenters. The summed E-state index contributed by atoms with van der Waals surface area (Å²) in [7, 11) is 3.76. The van der Waals surface area contributed by atoms with Gasteiger partial charge in [-0.25, -0.2) is 5.53 Å². The lowest BCUT2D eigenvalue weighted by Gasteiger charge is -2.16. The molecule has 2 amide bonds. The van der Waals surface area contributed by atoms with Crippen molar-refractivity contribution in [3.05, 3.63) is 23.3 Å². The lowest BCUT2D eigenvalue weighted by molar-refractivity contribution is 0.0947. The van der Waals surface area contributed by atoms with Crippen molar-refractivity contribution in [1.29, 1.82) is 5.53 Å². The Morgan fingerprint density at radius 1 is 1.07 bits per heavy atom. The van der Waals surface area contributed by atoms with E-state index in [2.05, 4.69) is 15.4 Å². The number of benzene rings is 1. The number of amides is 2. The molecular formula is C17H28N8O4. The van der Waals surface area contributed by atoms with Gasteiger partial charge in [0.15, 0.2) is 5.96 Å². The Kier molecular flexibility index (Phi) is 9.88. The summed E-state index contributed by atoms with van der Waals surface area (Å²) in [6.07, 6.45) is 0. The first-order valence-electron chi connectivity index (χ1n) is 8.81. The predicted octanol–water partition coefficient (Wildman–Crippen LogP) is -0.861. The molecule has 0 aliphatic carbocycles. The summed E-state index contributed by atoms with van der Waals surface area (Å²) >= 11 is 0. The topological polar surface area (TPSA) is 194 Å². The number of guanidine groups is 1. The molecule has 29 heavy (non-hydrogen) atoms. The summed E-state index contributed by atoms with van der Waals surface area (Å²) in [5.41, 5.74) is 23.0. The molecular weight excluding hydrogens is 380 g/mol. The van der Waals surface area contributed by atoms with E-state index in [1.54, 1.807) is 0 Å². The molecule has 0 saturated heterocycles. The highest BCUT2D eigenvalue weighted by Crippen LogP contribution is 2.29. The minimum absolute atomic E-state index is 0.0179. The molecule has 1 aromatic carbocycles. The number of hydrogen-bond acceptors (Lipinski definition) is 8. The molecule has 0 fully saturated rings. The monoisotopic (exact) mass is 408 g/mol. The SMILES string of the molecule is CN(C)CCNC(=O)c1cc(C(N)=O)c(OCCN=N)cc1OCCN=C(N)N. The van der Waals surface area contributed by atoms with Gasteiger partial charge in [-0.15, -0.1) is 0 Å². The molecule has 12 heteroatoms. The normalized spacial score (nSPS) is 10.3. The average Bonchev–Trinajstić information content (AvgIpc) is 2.64. The van der Waals surface area contributed by atoms with Crippen molar-refractivity contribution in [2.75, 3.05) is 53.5 Å². The van der Waals surface area contributed by atoms with Crippen LogP contribution in [0.4, 0.5) is 0 Å². The van der Waals surface area contributed by atoms with Gasteiger partial charge < -0.3 is 36.9 Å². The van der Waals surface area contributed by atoms with Crippen LogP contribution in [-0.4, -0.2) is 76.2 Å². The van der Waals surface area contributed by atoms with Crippen molar-refractivity contribution in [2.45, 2.75) is 0 Å². The number of primary amides is 1. The fourth-order valence-electron chi connectivity index (χ4n) is 2.19. The van der Waals surface area contributed by atoms with E-state index in [9.17, 15) is 9.59 Å². The lowest BCUT2D eigenvalue weighted by atomic mass is 10.1. The number of hydrogen-bond donors (Lipinski definition) is 5. The molecule has 0 aliphatic heterocycles. The molecule has 0 atom stereocenters. The first kappa shape index (κ1) is 23.6. The van der Waals surface area contributed by atoms with Crippen LogP contribution in [0.3, 0.4) is 0 Å². The molecule has 0 heterocycles. The summed E-state index contributed by atoms with van der Waals surface area (Å²) in [4.78, 5) is 30.2. The first-order chi connectivity index (χ1) is 13.8. The summed E-state index contributed by atoms with van der Waals surface area (Å²) in [5.74, 6) is -0.970. The predicted molar refractivity (Wildman–Crippen MR) is 108 cm³/mol. The van der Waals surface area contributed by atoms with Crippen LogP contribution < -0.4 is 32.0 Å². The van der Waals surface area contributed by atoms with Gasteiger partial charge in [0, 0.05) is 19.2 Å². The van der Waals surface area contributed by atoms with E-state index in [1.807, 2.05) is 19.0 Å². The molecule has 160 valence electrons. The van der Waals surface area contributed by atoms with E-state index in [0.29, 0.717) is 13.1 Å². The zero-order valence-electron chi connectivity index (χ0n) is 16.6. The van der Waals surface area contributed by atoms with E-state index < -0.39 is 11.8 Å². The van der Waals surface area contributed by atoms with Gasteiger partial charge in [0.2, 0.25) is 0 Å². The highest BCUT2D eigenvalue weighted by molar-refractivity contribution is 6.02. The fourth-order valence-corrected chi connectivity index (χ4v) is 2.19. The summed E-state index contributed by atoms with van der Waals surface area (Å²) in [6.45, 7) is 1.46. The summed E-state index contributed by atoms with van der Waals surface area (Å²) < 4.78 is 11.1. The van der Waals surface area contributed by atoms with E-state index >= 15 is 0 Å². The van der Waals surface area contributed by atoms with Gasteiger partial charge in [0.05, 0.1) is 24.2 Å². The minimum Gasteiger partial charge on any atom is -0.491 e. The molecule has 8 N–H and O–H groups in total. The van der Waals surface area contributed by atoms with Crippen molar-refractivity contribution < 1.29 is 19.1 Å². The molecule has 0 saturated carbocycles. The van der Waals surface area contributed by atoms with Crippen molar-refractivity contribution in [3.8, 4) is 11.5 Å². The van der Waals surface area contributed by atoms with Crippen LogP contribution >= 0.6 is 0 Å². The maximum atomic E-state index is 12.6. The third-order valence-electron chi connectivity index (χ3n) is 3.54. The van der Waals surface area contributed by atoms with Crippen LogP contribution in [0.5, 0.6) is 11.5 Å². The van der Waals surface area contributed by atoms with Gasteiger partial charge in [-0.05, 0) is 20.2 Å². The highest BCUT2D eigenvalue weighted by Gasteiger charge is 2.20. The maximum absolute atomic E-state index is 12.6. The van der Waals surface area contributed by atoms with Gasteiger partial charge in [-0.3, -0.25) is 14.6 Å². The number of carbonyl (C=O) groups excluding carboxylic acids is 2. The lowest BCUT2D eigenvalue weighted by Crippen LogP contribution is -2.32. The third-order valence-corrected chi connectivity index (χ3v) is 3.54. The number of likely N-dealkylation sites (N-methyl/N-ethyl adjacent to an activating group) is 1. The van der Waals surface area contributed by atoms with Crippen LogP contribution in [-0.2, 0) is 0 Å². The Morgan fingerprint density at radius 3 is 2.24 bits per heavy atom. The Hall–Kier alpha value is -3.41. The van der Waals surface area contributed by atoms with Crippen LogP contribution in [0.1, 0.15) is 20.7 Å². The van der Waals surface area contributed by atoms with Crippen molar-refractivity contribution in [3.63, 3.8) is 0 Å². The minimum atomic E-state index is -0.766. The van der Waals surface area contributed by atoms with E-state index in [-0.39, 0.29) is 54.9 Å². The van der Waals surface area contributed by atoms with Crippen LogP contribution in [0.25, 0.3) is 0 Å². The van der Waals surface area contributed by atoms with E-state index in [4.69, 9.17) is 32.2 Å². The average molecular weight is 408 g/mol. The molecule has 0 spiro atoms. The molecule has 0 radical (unpaired) electrons.